The van der Waals surface area contributed by atoms with Gasteiger partial charge in [-0.3, -0.25) is 4.79 Å². The molecule has 28 heavy (non-hydrogen) atoms. The van der Waals surface area contributed by atoms with Gasteiger partial charge in [-0.2, -0.15) is 5.10 Å². The Morgan fingerprint density at radius 2 is 1.71 bits per heavy atom. The smallest absolute Gasteiger partial charge is 0.275 e. The van der Waals surface area contributed by atoms with Gasteiger partial charge >= 0.3 is 0 Å². The monoisotopic (exact) mass is 390 g/mol. The van der Waals surface area contributed by atoms with E-state index in [1.807, 2.05) is 48.5 Å². The summed E-state index contributed by atoms with van der Waals surface area (Å²) >= 11 is 6.18. The number of rotatable bonds is 5. The summed E-state index contributed by atoms with van der Waals surface area (Å²) in [4.78, 5) is 12.7. The quantitative estimate of drug-likeness (QED) is 0.623. The number of carbonyl (C=O) groups is 1. The molecule has 0 radical (unpaired) electrons. The van der Waals surface area contributed by atoms with Gasteiger partial charge in [-0.1, -0.05) is 66.2 Å². The van der Waals surface area contributed by atoms with Crippen LogP contribution in [-0.2, 0) is 13.0 Å². The van der Waals surface area contributed by atoms with E-state index in [1.54, 1.807) is 18.2 Å². The van der Waals surface area contributed by atoms with E-state index in [4.69, 9.17) is 16.3 Å². The molecular weight excluding hydrogens is 372 g/mol. The molecule has 3 aromatic rings. The van der Waals surface area contributed by atoms with Crippen molar-refractivity contribution in [3.8, 4) is 5.75 Å². The van der Waals surface area contributed by atoms with Gasteiger partial charge in [0.05, 0.1) is 11.3 Å². The van der Waals surface area contributed by atoms with Crippen LogP contribution in [-0.4, -0.2) is 11.6 Å². The number of benzene rings is 3. The van der Waals surface area contributed by atoms with Crippen LogP contribution in [0.2, 0.25) is 5.02 Å². The molecule has 0 atom stereocenters. The highest BCUT2D eigenvalue weighted by molar-refractivity contribution is 6.31. The van der Waals surface area contributed by atoms with Crippen LogP contribution < -0.4 is 10.2 Å². The van der Waals surface area contributed by atoms with Crippen LogP contribution in [0.4, 0.5) is 0 Å². The Labute approximate surface area is 168 Å². The number of nitrogens with zero attached hydrogens (tertiary/aromatic N) is 1. The molecule has 0 unspecified atom stereocenters. The van der Waals surface area contributed by atoms with Gasteiger partial charge in [0.15, 0.2) is 0 Å². The highest BCUT2D eigenvalue weighted by atomic mass is 35.5. The Bertz CT molecular complexity index is 1050. The number of hydrogen-bond donors (Lipinski definition) is 1. The van der Waals surface area contributed by atoms with E-state index in [2.05, 4.69) is 16.6 Å². The fourth-order valence-electron chi connectivity index (χ4n) is 3.25. The summed E-state index contributed by atoms with van der Waals surface area (Å²) in [5.41, 5.74) is 7.24. The summed E-state index contributed by atoms with van der Waals surface area (Å²) in [6.45, 7) is 0.284. The Balaban J connectivity index is 1.48. The second kappa shape index (κ2) is 8.28. The molecule has 1 N–H and O–H groups in total. The largest absolute Gasteiger partial charge is 0.488 e. The third-order valence-corrected chi connectivity index (χ3v) is 5.09. The van der Waals surface area contributed by atoms with Gasteiger partial charge in [0.2, 0.25) is 0 Å². The molecule has 0 saturated heterocycles. The predicted molar refractivity (Wildman–Crippen MR) is 111 cm³/mol. The fraction of sp³-hybridized carbons (Fsp3) is 0.130. The molecule has 1 amide bonds. The zero-order valence-corrected chi connectivity index (χ0v) is 15.9. The number of halogens is 1. The Hall–Kier alpha value is -3.11. The highest BCUT2D eigenvalue weighted by Crippen LogP contribution is 2.23. The van der Waals surface area contributed by atoms with Crippen molar-refractivity contribution < 1.29 is 9.53 Å². The molecule has 5 heteroatoms. The Morgan fingerprint density at radius 1 is 0.964 bits per heavy atom. The minimum absolute atomic E-state index is 0.284. The molecule has 0 aliphatic heterocycles. The van der Waals surface area contributed by atoms with Crippen LogP contribution in [0.1, 0.15) is 33.5 Å². The SMILES string of the molecule is O=C(N/N=C1/CCc2ccccc21)c1ccccc1OCc1ccccc1Cl. The van der Waals surface area contributed by atoms with E-state index in [-0.39, 0.29) is 12.5 Å². The zero-order valence-electron chi connectivity index (χ0n) is 15.2. The Morgan fingerprint density at radius 3 is 2.61 bits per heavy atom. The van der Waals surface area contributed by atoms with Gasteiger partial charge in [0, 0.05) is 16.1 Å². The average molecular weight is 391 g/mol. The third-order valence-electron chi connectivity index (χ3n) is 4.72. The molecule has 1 aliphatic carbocycles. The van der Waals surface area contributed by atoms with Crippen LogP contribution >= 0.6 is 11.6 Å². The van der Waals surface area contributed by atoms with Gasteiger partial charge < -0.3 is 4.74 Å². The lowest BCUT2D eigenvalue weighted by molar-refractivity contribution is 0.0950. The summed E-state index contributed by atoms with van der Waals surface area (Å²) in [7, 11) is 0. The molecular formula is C23H19ClN2O2. The number of hydrogen-bond acceptors (Lipinski definition) is 3. The van der Waals surface area contributed by atoms with Gasteiger partial charge in [0.25, 0.3) is 5.91 Å². The first-order chi connectivity index (χ1) is 13.7. The normalized spacial score (nSPS) is 14.0. The predicted octanol–water partition coefficient (Wildman–Crippen LogP) is 5.00. The summed E-state index contributed by atoms with van der Waals surface area (Å²) in [5.74, 6) is 0.193. The van der Waals surface area contributed by atoms with Gasteiger partial charge in [-0.05, 0) is 36.6 Å². The molecule has 0 aromatic heterocycles. The summed E-state index contributed by atoms with van der Waals surface area (Å²) in [6.07, 6.45) is 1.77. The van der Waals surface area contributed by atoms with Crippen molar-refractivity contribution in [1.29, 1.82) is 0 Å². The van der Waals surface area contributed by atoms with Crippen molar-refractivity contribution in [1.82, 2.24) is 5.43 Å². The van der Waals surface area contributed by atoms with Crippen molar-refractivity contribution in [2.45, 2.75) is 19.4 Å². The fourth-order valence-corrected chi connectivity index (χ4v) is 3.44. The molecule has 3 aromatic carbocycles. The molecule has 4 nitrogen and oxygen atoms in total. The molecule has 1 aliphatic rings. The summed E-state index contributed by atoms with van der Waals surface area (Å²) in [5, 5.41) is 4.99. The van der Waals surface area contributed by atoms with E-state index in [0.717, 1.165) is 29.7 Å². The maximum atomic E-state index is 12.7. The standard InChI is InChI=1S/C23H19ClN2O2/c24-20-11-5-2-8-17(20)15-28-22-12-6-4-10-19(22)23(27)26-25-21-14-13-16-7-1-3-9-18(16)21/h1-12H,13-15H2,(H,26,27)/b25-21-. The van der Waals surface area contributed by atoms with Crippen molar-refractivity contribution in [3.63, 3.8) is 0 Å². The number of fused-ring (bicyclic) bond motifs is 1. The minimum Gasteiger partial charge on any atom is -0.488 e. The van der Waals surface area contributed by atoms with E-state index < -0.39 is 0 Å². The number of aryl methyl sites for hydroxylation is 1. The first-order valence-electron chi connectivity index (χ1n) is 9.13. The average Bonchev–Trinajstić information content (AvgIpc) is 3.15. The zero-order chi connectivity index (χ0) is 19.3. The van der Waals surface area contributed by atoms with Crippen molar-refractivity contribution >= 4 is 23.2 Å². The number of para-hydroxylation sites is 1. The lowest BCUT2D eigenvalue weighted by Crippen LogP contribution is -2.20. The molecule has 0 saturated carbocycles. The van der Waals surface area contributed by atoms with E-state index >= 15 is 0 Å². The molecule has 0 heterocycles. The van der Waals surface area contributed by atoms with Crippen LogP contribution in [0, 0.1) is 0 Å². The van der Waals surface area contributed by atoms with Crippen LogP contribution in [0.3, 0.4) is 0 Å². The van der Waals surface area contributed by atoms with Gasteiger partial charge in [-0.15, -0.1) is 0 Å². The molecule has 0 spiro atoms. The number of carbonyl (C=O) groups excluding carboxylic acids is 1. The lowest BCUT2D eigenvalue weighted by atomic mass is 10.1. The molecule has 0 bridgehead atoms. The van der Waals surface area contributed by atoms with Gasteiger partial charge in [0.1, 0.15) is 12.4 Å². The lowest BCUT2D eigenvalue weighted by Gasteiger charge is -2.11. The maximum Gasteiger partial charge on any atom is 0.275 e. The Kier molecular flexibility index (Phi) is 5.40. The number of hydrazone groups is 1. The van der Waals surface area contributed by atoms with Crippen LogP contribution in [0.5, 0.6) is 5.75 Å². The first-order valence-corrected chi connectivity index (χ1v) is 9.50. The van der Waals surface area contributed by atoms with Crippen molar-refractivity contribution in [3.05, 3.63) is 100 Å². The maximum absolute atomic E-state index is 12.7. The van der Waals surface area contributed by atoms with Crippen LogP contribution in [0.15, 0.2) is 77.9 Å². The number of ether oxygens (including phenoxy) is 1. The van der Waals surface area contributed by atoms with Crippen LogP contribution in [0.25, 0.3) is 0 Å². The molecule has 0 fully saturated rings. The second-order valence-electron chi connectivity index (χ2n) is 6.53. The van der Waals surface area contributed by atoms with E-state index in [1.165, 1.54) is 5.56 Å². The number of nitrogens with one attached hydrogen (secondary N) is 1. The third kappa shape index (κ3) is 3.92. The highest BCUT2D eigenvalue weighted by Gasteiger charge is 2.18. The molecule has 140 valence electrons. The van der Waals surface area contributed by atoms with Crippen molar-refractivity contribution in [2.75, 3.05) is 0 Å². The first kappa shape index (κ1) is 18.3. The van der Waals surface area contributed by atoms with Gasteiger partial charge in [-0.25, -0.2) is 5.43 Å². The number of amides is 1. The minimum atomic E-state index is -0.299. The van der Waals surface area contributed by atoms with E-state index in [9.17, 15) is 4.79 Å². The second-order valence-corrected chi connectivity index (χ2v) is 6.94. The van der Waals surface area contributed by atoms with E-state index in [0.29, 0.717) is 16.3 Å². The topological polar surface area (TPSA) is 50.7 Å². The molecule has 4 rings (SSSR count). The van der Waals surface area contributed by atoms with Crippen molar-refractivity contribution in [2.24, 2.45) is 5.10 Å². The summed E-state index contributed by atoms with van der Waals surface area (Å²) in [6, 6.07) is 22.7. The summed E-state index contributed by atoms with van der Waals surface area (Å²) < 4.78 is 5.86.